The molecule has 2 heterocycles. The van der Waals surface area contributed by atoms with Crippen molar-refractivity contribution in [3.63, 3.8) is 0 Å². The van der Waals surface area contributed by atoms with Crippen molar-refractivity contribution in [1.29, 1.82) is 0 Å². The third-order valence-electron chi connectivity index (χ3n) is 4.57. The van der Waals surface area contributed by atoms with Gasteiger partial charge in [-0.3, -0.25) is 4.79 Å². The molecule has 0 bridgehead atoms. The van der Waals surface area contributed by atoms with Crippen molar-refractivity contribution in [2.24, 2.45) is 5.92 Å². The highest BCUT2D eigenvalue weighted by Crippen LogP contribution is 2.41. The number of hydrogen-bond donors (Lipinski definition) is 0. The van der Waals surface area contributed by atoms with Crippen molar-refractivity contribution in [2.75, 3.05) is 16.4 Å². The zero-order chi connectivity index (χ0) is 16.7. The molecule has 0 saturated carbocycles. The quantitative estimate of drug-likeness (QED) is 0.859. The van der Waals surface area contributed by atoms with E-state index >= 15 is 0 Å². The van der Waals surface area contributed by atoms with Gasteiger partial charge in [-0.05, 0) is 24.3 Å². The molecular weight excluding hydrogens is 326 g/mol. The van der Waals surface area contributed by atoms with E-state index in [2.05, 4.69) is 0 Å². The number of fused-ring (bicyclic) bond motifs is 1. The molecular formula is C18H17NO4S. The van der Waals surface area contributed by atoms with Crippen molar-refractivity contribution >= 4 is 21.4 Å². The molecule has 0 aliphatic carbocycles. The van der Waals surface area contributed by atoms with E-state index in [-0.39, 0.29) is 35.8 Å². The number of carbonyl (C=O) groups excluding carboxylic acids is 1. The van der Waals surface area contributed by atoms with Crippen molar-refractivity contribution in [3.8, 4) is 11.5 Å². The molecule has 124 valence electrons. The summed E-state index contributed by atoms with van der Waals surface area (Å²) in [6, 6.07) is 16.3. The summed E-state index contributed by atoms with van der Waals surface area (Å²) in [7, 11) is -3.08. The summed E-state index contributed by atoms with van der Waals surface area (Å²) < 4.78 is 29.8. The summed E-state index contributed by atoms with van der Waals surface area (Å²) >= 11 is 0. The molecule has 0 unspecified atom stereocenters. The number of benzene rings is 2. The van der Waals surface area contributed by atoms with Gasteiger partial charge >= 0.3 is 0 Å². The number of hydrogen-bond acceptors (Lipinski definition) is 4. The highest BCUT2D eigenvalue weighted by molar-refractivity contribution is 7.91. The first-order chi connectivity index (χ1) is 11.5. The minimum atomic E-state index is -3.08. The first kappa shape index (κ1) is 15.2. The molecule has 4 rings (SSSR count). The largest absolute Gasteiger partial charge is 0.455 e. The molecule has 6 heteroatoms. The molecule has 2 aromatic rings. The molecule has 0 N–H and O–H groups in total. The Labute approximate surface area is 140 Å². The molecule has 2 aliphatic rings. The molecule has 2 aliphatic heterocycles. The van der Waals surface area contributed by atoms with Crippen LogP contribution in [0.5, 0.6) is 11.5 Å². The highest BCUT2D eigenvalue weighted by Gasteiger charge is 2.49. The van der Waals surface area contributed by atoms with Crippen molar-refractivity contribution < 1.29 is 17.9 Å². The van der Waals surface area contributed by atoms with Crippen LogP contribution in [0.2, 0.25) is 0 Å². The van der Waals surface area contributed by atoms with Crippen molar-refractivity contribution in [2.45, 2.75) is 12.5 Å². The molecule has 2 atom stereocenters. The van der Waals surface area contributed by atoms with E-state index in [1.165, 1.54) is 0 Å². The summed E-state index contributed by atoms with van der Waals surface area (Å²) in [5.74, 6) is 1.20. The fourth-order valence-electron chi connectivity index (χ4n) is 3.56. The van der Waals surface area contributed by atoms with Gasteiger partial charge in [0.15, 0.2) is 15.6 Å². The molecule has 0 spiro atoms. The highest BCUT2D eigenvalue weighted by atomic mass is 32.2. The standard InChI is InChI=1S/C18H17NO4S/c20-18-10-13-11-24(21,22)12-16(13)19(18)15-8-4-5-9-17(15)23-14-6-2-1-3-7-14/h1-9,13,16H,10-12H2/t13-,16-/m1/s1. The van der Waals surface area contributed by atoms with Crippen LogP contribution in [0.1, 0.15) is 6.42 Å². The average Bonchev–Trinajstić information content (AvgIpc) is 2.99. The molecule has 2 fully saturated rings. The predicted octanol–water partition coefficient (Wildman–Crippen LogP) is 2.63. The Morgan fingerprint density at radius 2 is 1.67 bits per heavy atom. The normalized spacial score (nSPS) is 24.8. The number of sulfone groups is 1. The fourth-order valence-corrected chi connectivity index (χ4v) is 5.63. The number of anilines is 1. The minimum absolute atomic E-state index is 0.0308. The lowest BCUT2D eigenvalue weighted by Crippen LogP contribution is -2.36. The maximum absolute atomic E-state index is 12.5. The van der Waals surface area contributed by atoms with Crippen LogP contribution in [-0.4, -0.2) is 31.9 Å². The van der Waals surface area contributed by atoms with Crippen LogP contribution in [0.3, 0.4) is 0 Å². The Bertz CT molecular complexity index is 879. The summed E-state index contributed by atoms with van der Waals surface area (Å²) in [4.78, 5) is 14.1. The number of nitrogens with zero attached hydrogens (tertiary/aromatic N) is 1. The van der Waals surface area contributed by atoms with Crippen molar-refractivity contribution in [1.82, 2.24) is 0 Å². The van der Waals surface area contributed by atoms with Gasteiger partial charge in [-0.15, -0.1) is 0 Å². The van der Waals surface area contributed by atoms with Gasteiger partial charge < -0.3 is 9.64 Å². The predicted molar refractivity (Wildman–Crippen MR) is 91.0 cm³/mol. The first-order valence-corrected chi connectivity index (χ1v) is 9.70. The van der Waals surface area contributed by atoms with Crippen LogP contribution in [-0.2, 0) is 14.6 Å². The second-order valence-electron chi connectivity index (χ2n) is 6.26. The van der Waals surface area contributed by atoms with Gasteiger partial charge in [0.1, 0.15) is 5.75 Å². The van der Waals surface area contributed by atoms with Gasteiger partial charge in [0.05, 0.1) is 23.2 Å². The third kappa shape index (κ3) is 2.67. The van der Waals surface area contributed by atoms with E-state index in [1.807, 2.05) is 48.5 Å². The van der Waals surface area contributed by atoms with E-state index < -0.39 is 9.84 Å². The average molecular weight is 343 g/mol. The number of carbonyl (C=O) groups is 1. The van der Waals surface area contributed by atoms with Gasteiger partial charge in [0.25, 0.3) is 0 Å². The van der Waals surface area contributed by atoms with Gasteiger partial charge in [0, 0.05) is 12.3 Å². The third-order valence-corrected chi connectivity index (χ3v) is 6.36. The Hall–Kier alpha value is -2.34. The monoisotopic (exact) mass is 343 g/mol. The maximum atomic E-state index is 12.5. The number of para-hydroxylation sites is 3. The van der Waals surface area contributed by atoms with E-state index in [4.69, 9.17) is 4.74 Å². The van der Waals surface area contributed by atoms with Crippen LogP contribution >= 0.6 is 0 Å². The zero-order valence-corrected chi connectivity index (χ0v) is 13.8. The van der Waals surface area contributed by atoms with Crippen LogP contribution in [0, 0.1) is 5.92 Å². The molecule has 24 heavy (non-hydrogen) atoms. The molecule has 0 radical (unpaired) electrons. The lowest BCUT2D eigenvalue weighted by atomic mass is 10.0. The Balaban J connectivity index is 1.70. The van der Waals surface area contributed by atoms with Gasteiger partial charge in [-0.25, -0.2) is 8.42 Å². The second-order valence-corrected chi connectivity index (χ2v) is 8.41. The molecule has 2 saturated heterocycles. The molecule has 5 nitrogen and oxygen atoms in total. The summed E-state index contributed by atoms with van der Waals surface area (Å²) in [6.07, 6.45) is 0.281. The van der Waals surface area contributed by atoms with E-state index in [9.17, 15) is 13.2 Å². The SMILES string of the molecule is O=C1C[C@@H]2CS(=O)(=O)C[C@H]2N1c1ccccc1Oc1ccccc1. The minimum Gasteiger partial charge on any atom is -0.455 e. The topological polar surface area (TPSA) is 63.7 Å². The Morgan fingerprint density at radius 3 is 2.46 bits per heavy atom. The smallest absolute Gasteiger partial charge is 0.227 e. The van der Waals surface area contributed by atoms with Gasteiger partial charge in [0.2, 0.25) is 5.91 Å². The molecule has 1 amide bonds. The van der Waals surface area contributed by atoms with Crippen LogP contribution in [0.25, 0.3) is 0 Å². The lowest BCUT2D eigenvalue weighted by Gasteiger charge is -2.25. The summed E-state index contributed by atoms with van der Waals surface area (Å²) in [5, 5.41) is 0. The molecule has 2 aromatic carbocycles. The molecule has 0 aromatic heterocycles. The second kappa shape index (κ2) is 5.63. The Morgan fingerprint density at radius 1 is 0.958 bits per heavy atom. The van der Waals surface area contributed by atoms with Crippen LogP contribution in [0.15, 0.2) is 54.6 Å². The van der Waals surface area contributed by atoms with E-state index in [0.29, 0.717) is 17.2 Å². The van der Waals surface area contributed by atoms with Gasteiger partial charge in [-0.2, -0.15) is 0 Å². The van der Waals surface area contributed by atoms with Gasteiger partial charge in [-0.1, -0.05) is 30.3 Å². The Kier molecular flexibility index (Phi) is 3.57. The number of amides is 1. The fraction of sp³-hybridized carbons (Fsp3) is 0.278. The van der Waals surface area contributed by atoms with Crippen molar-refractivity contribution in [3.05, 3.63) is 54.6 Å². The van der Waals surface area contributed by atoms with E-state index in [0.717, 1.165) is 0 Å². The number of rotatable bonds is 3. The summed E-state index contributed by atoms with van der Waals surface area (Å²) in [6.45, 7) is 0. The van der Waals surface area contributed by atoms with Crippen LogP contribution in [0.4, 0.5) is 5.69 Å². The van der Waals surface area contributed by atoms with Crippen LogP contribution < -0.4 is 9.64 Å². The van der Waals surface area contributed by atoms with E-state index in [1.54, 1.807) is 11.0 Å². The number of ether oxygens (including phenoxy) is 1. The zero-order valence-electron chi connectivity index (χ0n) is 13.0. The lowest BCUT2D eigenvalue weighted by molar-refractivity contribution is -0.117. The summed E-state index contributed by atoms with van der Waals surface area (Å²) in [5.41, 5.74) is 0.635. The maximum Gasteiger partial charge on any atom is 0.227 e. The first-order valence-electron chi connectivity index (χ1n) is 7.88.